The van der Waals surface area contributed by atoms with Gasteiger partial charge in [0.2, 0.25) is 5.91 Å². The Morgan fingerprint density at radius 3 is 2.41 bits per heavy atom. The minimum Gasteiger partial charge on any atom is -0.368 e. The number of benzene rings is 3. The first-order valence-corrected chi connectivity index (χ1v) is 12.4. The predicted molar refractivity (Wildman–Crippen MR) is 139 cm³/mol. The van der Waals surface area contributed by atoms with E-state index < -0.39 is 0 Å². The first kappa shape index (κ1) is 23.8. The van der Waals surface area contributed by atoms with E-state index >= 15 is 0 Å². The average Bonchev–Trinajstić information content (AvgIpc) is 2.87. The summed E-state index contributed by atoms with van der Waals surface area (Å²) in [5.74, 6) is 0.303. The Morgan fingerprint density at radius 1 is 0.912 bits per heavy atom. The third-order valence-corrected chi connectivity index (χ3v) is 6.93. The van der Waals surface area contributed by atoms with Gasteiger partial charge in [-0.3, -0.25) is 9.59 Å². The van der Waals surface area contributed by atoms with Crippen molar-refractivity contribution in [2.75, 3.05) is 24.5 Å². The van der Waals surface area contributed by atoms with Gasteiger partial charge in [0.25, 0.3) is 5.91 Å². The van der Waals surface area contributed by atoms with Gasteiger partial charge in [-0.25, -0.2) is 0 Å². The fourth-order valence-corrected chi connectivity index (χ4v) is 5.26. The predicted octanol–water partition coefficient (Wildman–Crippen LogP) is 5.26. The van der Waals surface area contributed by atoms with Gasteiger partial charge in [-0.15, -0.1) is 0 Å². The topological polar surface area (TPSA) is 61.4 Å². The van der Waals surface area contributed by atoms with E-state index in [1.807, 2.05) is 12.1 Å². The highest BCUT2D eigenvalue weighted by Crippen LogP contribution is 2.38. The molecule has 3 aromatic rings. The summed E-state index contributed by atoms with van der Waals surface area (Å²) in [6.45, 7) is 5.57. The van der Waals surface area contributed by atoms with Gasteiger partial charge in [-0.2, -0.15) is 0 Å². The number of nitrogens with zero attached hydrogens (tertiary/aromatic N) is 1. The maximum Gasteiger partial charge on any atom is 0.251 e. The van der Waals surface area contributed by atoms with Crippen LogP contribution in [0.5, 0.6) is 0 Å². The highest BCUT2D eigenvalue weighted by Gasteiger charge is 2.28. The molecule has 2 amide bonds. The lowest BCUT2D eigenvalue weighted by molar-refractivity contribution is -0.118. The Hall–Kier alpha value is -3.34. The lowest BCUT2D eigenvalue weighted by Crippen LogP contribution is -2.38. The van der Waals surface area contributed by atoms with Crippen LogP contribution in [0.2, 0.25) is 0 Å². The van der Waals surface area contributed by atoms with Gasteiger partial charge in [0.05, 0.1) is 0 Å². The van der Waals surface area contributed by atoms with Crippen LogP contribution in [0.15, 0.2) is 66.7 Å². The summed E-state index contributed by atoms with van der Waals surface area (Å²) in [6.07, 6.45) is 4.73. The Morgan fingerprint density at radius 2 is 1.65 bits per heavy atom. The molecule has 3 aromatic carbocycles. The van der Waals surface area contributed by atoms with Crippen LogP contribution in [0.25, 0.3) is 10.8 Å². The van der Waals surface area contributed by atoms with Gasteiger partial charge in [0.1, 0.15) is 0 Å². The molecule has 0 aliphatic heterocycles. The molecule has 1 aliphatic carbocycles. The highest BCUT2D eigenvalue weighted by molar-refractivity contribution is 5.95. The second-order valence-corrected chi connectivity index (χ2v) is 9.16. The zero-order valence-corrected chi connectivity index (χ0v) is 20.2. The van der Waals surface area contributed by atoms with Gasteiger partial charge in [-0.05, 0) is 61.3 Å². The molecule has 1 saturated carbocycles. The Kier molecular flexibility index (Phi) is 7.84. The van der Waals surface area contributed by atoms with Gasteiger partial charge in [0.15, 0.2) is 0 Å². The van der Waals surface area contributed by atoms with Crippen molar-refractivity contribution in [1.82, 2.24) is 10.6 Å². The fraction of sp³-hybridized carbons (Fsp3) is 0.379. The molecule has 5 nitrogen and oxygen atoms in total. The largest absolute Gasteiger partial charge is 0.368 e. The van der Waals surface area contributed by atoms with Crippen LogP contribution in [0.4, 0.5) is 5.69 Å². The lowest BCUT2D eigenvalue weighted by atomic mass is 9.80. The van der Waals surface area contributed by atoms with Crippen LogP contribution in [-0.4, -0.2) is 37.5 Å². The van der Waals surface area contributed by atoms with Gasteiger partial charge in [0, 0.05) is 49.2 Å². The fourth-order valence-electron chi connectivity index (χ4n) is 5.26. The normalized spacial score (nSPS) is 17.8. The van der Waals surface area contributed by atoms with Crippen molar-refractivity contribution in [2.45, 2.75) is 51.5 Å². The van der Waals surface area contributed by atoms with Crippen molar-refractivity contribution < 1.29 is 9.59 Å². The van der Waals surface area contributed by atoms with E-state index in [4.69, 9.17) is 0 Å². The summed E-state index contributed by atoms with van der Waals surface area (Å²) in [4.78, 5) is 25.9. The Balaban J connectivity index is 1.43. The Labute approximate surface area is 202 Å². The molecule has 0 spiro atoms. The molecule has 0 heterocycles. The van der Waals surface area contributed by atoms with Crippen LogP contribution in [0, 0.1) is 0 Å². The number of fused-ring (bicyclic) bond motifs is 1. The summed E-state index contributed by atoms with van der Waals surface area (Å²) in [6, 6.07) is 23.8. The minimum absolute atomic E-state index is 0.0912. The quantitative estimate of drug-likeness (QED) is 0.454. The molecule has 0 aromatic heterocycles. The molecule has 2 N–H and O–H groups in total. The molecule has 1 fully saturated rings. The van der Waals surface area contributed by atoms with Gasteiger partial charge in [-0.1, -0.05) is 55.0 Å². The van der Waals surface area contributed by atoms with Crippen molar-refractivity contribution in [3.05, 3.63) is 77.9 Å². The van der Waals surface area contributed by atoms with E-state index in [0.717, 1.165) is 13.0 Å². The van der Waals surface area contributed by atoms with Crippen LogP contribution in [0.3, 0.4) is 0 Å². The molecule has 2 unspecified atom stereocenters. The van der Waals surface area contributed by atoms with Crippen LogP contribution >= 0.6 is 0 Å². The van der Waals surface area contributed by atoms with E-state index in [9.17, 15) is 9.59 Å². The molecule has 0 bridgehead atoms. The SMILES string of the molecule is CCN(c1cccc2ccccc12)C1CCCC(c2ccc(C(=O)NCCNC(C)=O)cc2)C1. The van der Waals surface area contributed by atoms with Crippen LogP contribution in [-0.2, 0) is 4.79 Å². The summed E-state index contributed by atoms with van der Waals surface area (Å²) >= 11 is 0. The molecule has 1 aliphatic rings. The zero-order chi connectivity index (χ0) is 23.9. The van der Waals surface area contributed by atoms with E-state index in [1.54, 1.807) is 0 Å². The molecular weight excluding hydrogens is 422 g/mol. The number of hydrogen-bond acceptors (Lipinski definition) is 3. The first-order valence-electron chi connectivity index (χ1n) is 12.4. The maximum atomic E-state index is 12.4. The molecule has 4 rings (SSSR count). The molecule has 0 radical (unpaired) electrons. The summed E-state index contributed by atoms with van der Waals surface area (Å²) in [5, 5.41) is 8.15. The molecule has 5 heteroatoms. The van der Waals surface area contributed by atoms with Crippen molar-refractivity contribution in [1.29, 1.82) is 0 Å². The second-order valence-electron chi connectivity index (χ2n) is 9.16. The van der Waals surface area contributed by atoms with E-state index in [0.29, 0.717) is 30.6 Å². The zero-order valence-electron chi connectivity index (χ0n) is 20.2. The van der Waals surface area contributed by atoms with Crippen molar-refractivity contribution in [3.8, 4) is 0 Å². The van der Waals surface area contributed by atoms with Crippen molar-refractivity contribution >= 4 is 28.3 Å². The van der Waals surface area contributed by atoms with Crippen LogP contribution in [0.1, 0.15) is 61.4 Å². The number of rotatable bonds is 8. The molecule has 178 valence electrons. The number of carbonyl (C=O) groups is 2. The average molecular weight is 458 g/mol. The standard InChI is InChI=1S/C29H35N3O2/c1-3-32(28-13-7-9-23-8-4-5-12-27(23)28)26-11-6-10-25(20-26)22-14-16-24(17-15-22)29(34)31-19-18-30-21(2)33/h4-5,7-9,12-17,25-26H,3,6,10-11,18-20H2,1-2H3,(H,30,33)(H,31,34). The number of hydrogen-bond donors (Lipinski definition) is 2. The molecule has 2 atom stereocenters. The summed E-state index contributed by atoms with van der Waals surface area (Å²) in [7, 11) is 0. The number of anilines is 1. The minimum atomic E-state index is -0.105. The smallest absolute Gasteiger partial charge is 0.251 e. The second kappa shape index (κ2) is 11.2. The van der Waals surface area contributed by atoms with Gasteiger partial charge < -0.3 is 15.5 Å². The summed E-state index contributed by atoms with van der Waals surface area (Å²) in [5.41, 5.74) is 3.30. The Bertz CT molecular complexity index is 1120. The number of carbonyl (C=O) groups excluding carboxylic acids is 2. The number of nitrogens with one attached hydrogen (secondary N) is 2. The monoisotopic (exact) mass is 457 g/mol. The molecule has 34 heavy (non-hydrogen) atoms. The number of amides is 2. The van der Waals surface area contributed by atoms with Crippen LogP contribution < -0.4 is 15.5 Å². The van der Waals surface area contributed by atoms with E-state index in [-0.39, 0.29) is 11.8 Å². The maximum absolute atomic E-state index is 12.4. The first-order chi connectivity index (χ1) is 16.6. The summed E-state index contributed by atoms with van der Waals surface area (Å²) < 4.78 is 0. The van der Waals surface area contributed by atoms with Gasteiger partial charge >= 0.3 is 0 Å². The van der Waals surface area contributed by atoms with E-state index in [2.05, 4.69) is 77.1 Å². The third-order valence-electron chi connectivity index (χ3n) is 6.93. The third kappa shape index (κ3) is 5.58. The lowest BCUT2D eigenvalue weighted by Gasteiger charge is -2.39. The molecular formula is C29H35N3O2. The van der Waals surface area contributed by atoms with E-state index in [1.165, 1.54) is 48.2 Å². The highest BCUT2D eigenvalue weighted by atomic mass is 16.2. The molecule has 0 saturated heterocycles. The van der Waals surface area contributed by atoms with Crippen molar-refractivity contribution in [2.24, 2.45) is 0 Å². The van der Waals surface area contributed by atoms with Crippen molar-refractivity contribution in [3.63, 3.8) is 0 Å².